The summed E-state index contributed by atoms with van der Waals surface area (Å²) in [6.07, 6.45) is 7.34. The van der Waals surface area contributed by atoms with Crippen LogP contribution in [0.25, 0.3) is 55.0 Å². The lowest BCUT2D eigenvalue weighted by molar-refractivity contribution is -0.132. The van der Waals surface area contributed by atoms with Gasteiger partial charge < -0.3 is 50.0 Å². The van der Waals surface area contributed by atoms with Crippen LogP contribution < -0.4 is 0 Å². The first-order valence-corrected chi connectivity index (χ1v) is 15.4. The van der Waals surface area contributed by atoms with Gasteiger partial charge in [0.15, 0.2) is 46.0 Å². The summed E-state index contributed by atoms with van der Waals surface area (Å²) in [6, 6.07) is 10.7. The van der Waals surface area contributed by atoms with Gasteiger partial charge in [-0.25, -0.2) is 0 Å². The second kappa shape index (κ2) is 9.73. The maximum atomic E-state index is 13.8. The van der Waals surface area contributed by atoms with E-state index in [1.54, 1.807) is 21.3 Å². The van der Waals surface area contributed by atoms with Gasteiger partial charge in [-0.3, -0.25) is 9.59 Å². The smallest absolute Gasteiger partial charge is 0.233 e. The molecular weight excluding hydrogens is 644 g/mol. The third-order valence-electron chi connectivity index (χ3n) is 9.76. The van der Waals surface area contributed by atoms with Crippen molar-refractivity contribution in [1.82, 2.24) is 9.13 Å². The molecular formula is C38H24N2O10. The Hall–Kier alpha value is -7.08. The number of aromatic nitrogens is 2. The van der Waals surface area contributed by atoms with Crippen molar-refractivity contribution >= 4 is 66.6 Å². The highest BCUT2D eigenvalue weighted by molar-refractivity contribution is 6.52. The third-order valence-corrected chi connectivity index (χ3v) is 9.76. The predicted molar refractivity (Wildman–Crippen MR) is 183 cm³/mol. The van der Waals surface area contributed by atoms with Crippen LogP contribution in [0.2, 0.25) is 0 Å². The maximum Gasteiger partial charge on any atom is 0.233 e. The Balaban J connectivity index is 1.20. The molecule has 4 aromatic carbocycles. The van der Waals surface area contributed by atoms with E-state index < -0.39 is 34.6 Å². The standard InChI is InChI=1S/C38H24N2O10/c41-29-7-19-20-8-30(42)34(46)12-26(20)39(25(19)11-33(29)45)15-1-3-17-18-4-2-16(6-24(18)38(50)37(49)23(17)5-15)40-27-13-35(47)31(43)9-21(27)22-10-32(44)36(48)14-28(22)40/h1-2,5-14,41-48H,3-4H2. The summed E-state index contributed by atoms with van der Waals surface area (Å²) < 4.78 is 3.34. The molecule has 8 N–H and O–H groups in total. The first kappa shape index (κ1) is 29.1. The van der Waals surface area contributed by atoms with Crippen molar-refractivity contribution < 1.29 is 50.4 Å². The first-order valence-electron chi connectivity index (χ1n) is 15.4. The maximum absolute atomic E-state index is 13.8. The Morgan fingerprint density at radius 3 is 0.940 bits per heavy atom. The van der Waals surface area contributed by atoms with Crippen LogP contribution in [-0.2, 0) is 9.59 Å². The number of allylic oxidation sites excluding steroid dienone is 10. The quantitative estimate of drug-likeness (QED) is 0.0793. The fourth-order valence-corrected chi connectivity index (χ4v) is 7.44. The van der Waals surface area contributed by atoms with Crippen molar-refractivity contribution in [3.63, 3.8) is 0 Å². The number of rotatable bonds is 2. The van der Waals surface area contributed by atoms with Gasteiger partial charge in [-0.15, -0.1) is 0 Å². The van der Waals surface area contributed by atoms with Gasteiger partial charge in [-0.05, 0) is 60.4 Å². The number of hydrogen-bond donors (Lipinski definition) is 8. The van der Waals surface area contributed by atoms with E-state index in [1.807, 2.05) is 12.2 Å². The third kappa shape index (κ3) is 3.80. The Labute approximate surface area is 279 Å². The van der Waals surface area contributed by atoms with E-state index in [4.69, 9.17) is 0 Å². The topological polar surface area (TPSA) is 206 Å². The minimum absolute atomic E-state index is 0.190. The molecule has 0 bridgehead atoms. The fraction of sp³-hybridized carbons (Fsp3) is 0.0526. The highest BCUT2D eigenvalue weighted by Gasteiger charge is 2.37. The lowest BCUT2D eigenvalue weighted by Crippen LogP contribution is -2.29. The van der Waals surface area contributed by atoms with Gasteiger partial charge in [0, 0.05) is 68.4 Å². The molecule has 0 amide bonds. The van der Waals surface area contributed by atoms with E-state index >= 15 is 0 Å². The summed E-state index contributed by atoms with van der Waals surface area (Å²) in [6.45, 7) is 0. The van der Waals surface area contributed by atoms with Crippen molar-refractivity contribution in [3.8, 4) is 46.0 Å². The van der Waals surface area contributed by atoms with Crippen LogP contribution in [-0.4, -0.2) is 61.6 Å². The summed E-state index contributed by atoms with van der Waals surface area (Å²) in [7, 11) is 0. The Morgan fingerprint density at radius 1 is 0.400 bits per heavy atom. The number of benzene rings is 4. The van der Waals surface area contributed by atoms with Crippen LogP contribution in [0.15, 0.2) is 95.1 Å². The summed E-state index contributed by atoms with van der Waals surface area (Å²) in [5.41, 5.74) is 4.30. The lowest BCUT2D eigenvalue weighted by atomic mass is 9.75. The van der Waals surface area contributed by atoms with Crippen LogP contribution in [0.1, 0.15) is 12.8 Å². The zero-order valence-electron chi connectivity index (χ0n) is 25.6. The second-order valence-electron chi connectivity index (χ2n) is 12.5. The van der Waals surface area contributed by atoms with E-state index in [-0.39, 0.29) is 47.0 Å². The monoisotopic (exact) mass is 668 g/mol. The molecule has 0 spiro atoms. The van der Waals surface area contributed by atoms with E-state index in [9.17, 15) is 50.4 Å². The summed E-state index contributed by atoms with van der Waals surface area (Å²) in [5, 5.41) is 84.3. The molecule has 3 aliphatic rings. The molecule has 6 aromatic rings. The summed E-state index contributed by atoms with van der Waals surface area (Å²) in [5.74, 6) is -4.58. The number of ketones is 2. The van der Waals surface area contributed by atoms with Crippen molar-refractivity contribution in [3.05, 3.63) is 95.1 Å². The minimum Gasteiger partial charge on any atom is -0.504 e. The minimum atomic E-state index is -0.740. The number of phenols is 8. The molecule has 0 fully saturated rings. The number of carbonyl (C=O) groups is 2. The Kier molecular flexibility index (Phi) is 5.66. The first-order chi connectivity index (χ1) is 23.9. The molecule has 0 aliphatic heterocycles. The Bertz CT molecular complexity index is 2500. The average molecular weight is 669 g/mol. The molecule has 9 rings (SSSR count). The zero-order chi connectivity index (χ0) is 34.9. The van der Waals surface area contributed by atoms with Gasteiger partial charge in [0.1, 0.15) is 0 Å². The van der Waals surface area contributed by atoms with E-state index in [0.29, 0.717) is 66.2 Å². The fourth-order valence-electron chi connectivity index (χ4n) is 7.44. The van der Waals surface area contributed by atoms with Crippen LogP contribution in [0, 0.1) is 0 Å². The number of phenolic OH excluding ortho intramolecular Hbond substituents is 8. The zero-order valence-corrected chi connectivity index (χ0v) is 25.6. The number of carbonyl (C=O) groups excluding carboxylic acids is 2. The number of nitrogens with zero attached hydrogens (tertiary/aromatic N) is 2. The van der Waals surface area contributed by atoms with Crippen molar-refractivity contribution in [1.29, 1.82) is 0 Å². The van der Waals surface area contributed by atoms with Gasteiger partial charge in [0.25, 0.3) is 0 Å². The van der Waals surface area contributed by atoms with Gasteiger partial charge in [0.2, 0.25) is 11.6 Å². The average Bonchev–Trinajstić information content (AvgIpc) is 3.54. The molecule has 0 unspecified atom stereocenters. The normalized spacial score (nSPS) is 16.2. The van der Waals surface area contributed by atoms with E-state index in [1.165, 1.54) is 48.5 Å². The molecule has 0 saturated heterocycles. The van der Waals surface area contributed by atoms with Crippen molar-refractivity contribution in [2.24, 2.45) is 0 Å². The van der Waals surface area contributed by atoms with Crippen molar-refractivity contribution in [2.45, 2.75) is 12.8 Å². The largest absolute Gasteiger partial charge is 0.504 e. The molecule has 0 atom stereocenters. The number of aromatic hydroxyl groups is 8. The number of fused-ring (bicyclic) bond motifs is 8. The van der Waals surface area contributed by atoms with Crippen LogP contribution in [0.4, 0.5) is 0 Å². The highest BCUT2D eigenvalue weighted by Crippen LogP contribution is 2.47. The molecule has 2 heterocycles. The SMILES string of the molecule is O=C1C(=O)C2=CC(n3c4cc(O)c(O)cc4c4cc(O)c(O)cc43)=CCC2=C2CC=C(n3c4cc(O)c(O)cc4c4cc(O)c(O)cc43)C=C12. The number of Topliss-reactive ketones (excluding diaryl/α,β-unsaturated/α-hetero) is 2. The highest BCUT2D eigenvalue weighted by atomic mass is 16.3. The van der Waals surface area contributed by atoms with Crippen molar-refractivity contribution in [2.75, 3.05) is 0 Å². The summed E-state index contributed by atoms with van der Waals surface area (Å²) in [4.78, 5) is 27.6. The van der Waals surface area contributed by atoms with Crippen LogP contribution in [0.3, 0.4) is 0 Å². The molecule has 0 radical (unpaired) electrons. The summed E-state index contributed by atoms with van der Waals surface area (Å²) >= 11 is 0. The van der Waals surface area contributed by atoms with Crippen LogP contribution >= 0.6 is 0 Å². The molecule has 2 aromatic heterocycles. The molecule has 3 aliphatic carbocycles. The molecule has 50 heavy (non-hydrogen) atoms. The van der Waals surface area contributed by atoms with Gasteiger partial charge >= 0.3 is 0 Å². The van der Waals surface area contributed by atoms with E-state index in [0.717, 1.165) is 0 Å². The van der Waals surface area contributed by atoms with E-state index in [2.05, 4.69) is 0 Å². The van der Waals surface area contributed by atoms with Gasteiger partial charge in [-0.1, -0.05) is 12.2 Å². The van der Waals surface area contributed by atoms with Gasteiger partial charge in [0.05, 0.1) is 22.1 Å². The Morgan fingerprint density at radius 2 is 0.660 bits per heavy atom. The lowest BCUT2D eigenvalue weighted by Gasteiger charge is -2.29. The molecule has 12 heteroatoms. The molecule has 246 valence electrons. The molecule has 12 nitrogen and oxygen atoms in total. The van der Waals surface area contributed by atoms with Crippen LogP contribution in [0.5, 0.6) is 46.0 Å². The number of hydrogen-bond acceptors (Lipinski definition) is 10. The predicted octanol–water partition coefficient (Wildman–Crippen LogP) is 6.04. The molecule has 0 saturated carbocycles. The van der Waals surface area contributed by atoms with Gasteiger partial charge in [-0.2, -0.15) is 0 Å². The second-order valence-corrected chi connectivity index (χ2v) is 12.5.